The minimum Gasteiger partial charge on any atom is -0.317 e. The summed E-state index contributed by atoms with van der Waals surface area (Å²) in [5.41, 5.74) is 5.75. The Morgan fingerprint density at radius 2 is 1.80 bits per heavy atom. The van der Waals surface area contributed by atoms with Gasteiger partial charge in [0.15, 0.2) is 0 Å². The maximum Gasteiger partial charge on any atom is 0.0880 e. The van der Waals surface area contributed by atoms with Crippen LogP contribution in [0.2, 0.25) is 0 Å². The minimum atomic E-state index is -0.440. The fourth-order valence-corrected chi connectivity index (χ4v) is 1.65. The lowest BCUT2D eigenvalue weighted by molar-refractivity contribution is 0.294. The lowest BCUT2D eigenvalue weighted by Crippen LogP contribution is -2.64. The molecule has 0 bridgehead atoms. The smallest absolute Gasteiger partial charge is 0.0880 e. The van der Waals surface area contributed by atoms with E-state index in [-0.39, 0.29) is 5.54 Å². The molecule has 0 spiro atoms. The van der Waals surface area contributed by atoms with Gasteiger partial charge >= 0.3 is 0 Å². The monoisotopic (exact) mass is 234 g/mol. The fourth-order valence-electron chi connectivity index (χ4n) is 1.43. The Kier molecular flexibility index (Phi) is 6.79. The van der Waals surface area contributed by atoms with Crippen molar-refractivity contribution in [1.29, 1.82) is 0 Å². The highest BCUT2D eigenvalue weighted by molar-refractivity contribution is 7.80. The summed E-state index contributed by atoms with van der Waals surface area (Å²) >= 11 is 4.27. The molecule has 1 atom stereocenters. The summed E-state index contributed by atoms with van der Waals surface area (Å²) in [6.07, 6.45) is 0. The van der Waals surface area contributed by atoms with E-state index in [2.05, 4.69) is 49.4 Å². The Labute approximate surface area is 99.2 Å². The molecule has 0 aliphatic carbocycles. The van der Waals surface area contributed by atoms with Crippen LogP contribution in [0.5, 0.6) is 0 Å². The van der Waals surface area contributed by atoms with Crippen molar-refractivity contribution in [1.82, 2.24) is 16.0 Å². The number of likely N-dealkylation sites (N-methyl/N-ethyl adjacent to an activating group) is 2. The third kappa shape index (κ3) is 6.37. The zero-order valence-electron chi connectivity index (χ0n) is 10.4. The maximum atomic E-state index is 6.13. The second-order valence-corrected chi connectivity index (χ2v) is 4.93. The van der Waals surface area contributed by atoms with E-state index >= 15 is 0 Å². The average molecular weight is 234 g/mol. The third-order valence-electron chi connectivity index (χ3n) is 2.31. The van der Waals surface area contributed by atoms with E-state index in [1.165, 1.54) is 0 Å². The predicted molar refractivity (Wildman–Crippen MR) is 70.5 cm³/mol. The van der Waals surface area contributed by atoms with E-state index in [0.717, 1.165) is 13.1 Å². The molecule has 0 aromatic heterocycles. The van der Waals surface area contributed by atoms with Crippen molar-refractivity contribution in [3.05, 3.63) is 0 Å². The van der Waals surface area contributed by atoms with Gasteiger partial charge in [-0.25, -0.2) is 0 Å². The van der Waals surface area contributed by atoms with Crippen LogP contribution in [0.1, 0.15) is 20.8 Å². The molecule has 0 saturated heterocycles. The first kappa shape index (κ1) is 15.2. The summed E-state index contributed by atoms with van der Waals surface area (Å²) in [6.45, 7) is 8.89. The second kappa shape index (κ2) is 6.70. The summed E-state index contributed by atoms with van der Waals surface area (Å²) in [5, 5.41) is 9.82. The Morgan fingerprint density at radius 3 is 2.20 bits per heavy atom. The van der Waals surface area contributed by atoms with Crippen LogP contribution >= 0.6 is 12.6 Å². The summed E-state index contributed by atoms with van der Waals surface area (Å²) in [5.74, 6) is 0.607. The summed E-state index contributed by atoms with van der Waals surface area (Å²) in [6, 6.07) is 0. The van der Waals surface area contributed by atoms with Gasteiger partial charge in [0, 0.05) is 24.4 Å². The van der Waals surface area contributed by atoms with Gasteiger partial charge in [-0.1, -0.05) is 6.92 Å². The van der Waals surface area contributed by atoms with Crippen LogP contribution in [-0.4, -0.2) is 43.6 Å². The highest BCUT2D eigenvalue weighted by Crippen LogP contribution is 2.03. The molecule has 0 aliphatic rings. The van der Waals surface area contributed by atoms with Gasteiger partial charge in [0.1, 0.15) is 0 Å². The highest BCUT2D eigenvalue weighted by atomic mass is 32.1. The first-order valence-corrected chi connectivity index (χ1v) is 6.07. The van der Waals surface area contributed by atoms with Crippen LogP contribution < -0.4 is 21.7 Å². The van der Waals surface area contributed by atoms with Crippen LogP contribution in [0.15, 0.2) is 0 Å². The zero-order valence-corrected chi connectivity index (χ0v) is 11.2. The van der Waals surface area contributed by atoms with Gasteiger partial charge in [-0.15, -0.1) is 0 Å². The molecule has 0 aliphatic heterocycles. The van der Waals surface area contributed by atoms with Crippen LogP contribution in [0.4, 0.5) is 0 Å². The number of nitrogens with two attached hydrogens (primary N) is 1. The Morgan fingerprint density at radius 1 is 1.20 bits per heavy atom. The molecular weight excluding hydrogens is 208 g/mol. The normalized spacial score (nSPS) is 16.4. The highest BCUT2D eigenvalue weighted by Gasteiger charge is 2.25. The third-order valence-corrected chi connectivity index (χ3v) is 2.88. The van der Waals surface area contributed by atoms with Gasteiger partial charge in [0.2, 0.25) is 0 Å². The number of hydrogen-bond donors (Lipinski definition) is 5. The molecule has 0 unspecified atom stereocenters. The second-order valence-electron chi connectivity index (χ2n) is 4.61. The minimum absolute atomic E-state index is 0.0516. The molecule has 0 aromatic rings. The van der Waals surface area contributed by atoms with Gasteiger partial charge in [-0.3, -0.25) is 5.32 Å². The molecule has 0 aromatic carbocycles. The Balaban J connectivity index is 4.09. The molecular formula is C10H26N4S. The summed E-state index contributed by atoms with van der Waals surface area (Å²) < 4.78 is 0. The van der Waals surface area contributed by atoms with Crippen molar-refractivity contribution in [2.75, 3.05) is 32.4 Å². The van der Waals surface area contributed by atoms with Crippen LogP contribution in [-0.2, 0) is 0 Å². The molecule has 0 saturated carbocycles. The molecule has 5 N–H and O–H groups in total. The van der Waals surface area contributed by atoms with E-state index in [9.17, 15) is 0 Å². The number of hydrogen-bond acceptors (Lipinski definition) is 5. The standard InChI is InChI=1S/C10H26N4S/c1-5-13-9(2,3)6-14-10(11,8-15)7-12-4/h12-15H,5-8,11H2,1-4H3/t10-/m0/s1. The number of rotatable bonds is 8. The van der Waals surface area contributed by atoms with Crippen LogP contribution in [0.25, 0.3) is 0 Å². The molecule has 0 radical (unpaired) electrons. The van der Waals surface area contributed by atoms with Crippen molar-refractivity contribution in [3.63, 3.8) is 0 Å². The lowest BCUT2D eigenvalue weighted by atomic mass is 10.0. The van der Waals surface area contributed by atoms with Crippen molar-refractivity contribution < 1.29 is 0 Å². The van der Waals surface area contributed by atoms with Gasteiger partial charge < -0.3 is 16.4 Å². The van der Waals surface area contributed by atoms with E-state index < -0.39 is 5.66 Å². The maximum absolute atomic E-state index is 6.13. The van der Waals surface area contributed by atoms with Gasteiger partial charge in [0.05, 0.1) is 5.66 Å². The van der Waals surface area contributed by atoms with Gasteiger partial charge in [-0.05, 0) is 27.4 Å². The van der Waals surface area contributed by atoms with Crippen LogP contribution in [0.3, 0.4) is 0 Å². The molecule has 0 fully saturated rings. The van der Waals surface area contributed by atoms with Crippen molar-refractivity contribution >= 4 is 12.6 Å². The molecule has 15 heavy (non-hydrogen) atoms. The predicted octanol–water partition coefficient (Wildman–Crippen LogP) is -0.232. The Bertz CT molecular complexity index is 175. The van der Waals surface area contributed by atoms with E-state index in [1.54, 1.807) is 0 Å². The van der Waals surface area contributed by atoms with Crippen molar-refractivity contribution in [2.45, 2.75) is 32.0 Å². The first-order chi connectivity index (χ1) is 6.89. The quantitative estimate of drug-likeness (QED) is 0.297. The lowest BCUT2D eigenvalue weighted by Gasteiger charge is -2.34. The van der Waals surface area contributed by atoms with Gasteiger partial charge in [-0.2, -0.15) is 12.6 Å². The molecule has 4 nitrogen and oxygen atoms in total. The SMILES string of the molecule is CCNC(C)(C)CN[C@](N)(CS)CNC. The van der Waals surface area contributed by atoms with E-state index in [0.29, 0.717) is 12.3 Å². The summed E-state index contributed by atoms with van der Waals surface area (Å²) in [7, 11) is 1.89. The van der Waals surface area contributed by atoms with E-state index in [4.69, 9.17) is 5.73 Å². The van der Waals surface area contributed by atoms with Crippen molar-refractivity contribution in [2.24, 2.45) is 5.73 Å². The van der Waals surface area contributed by atoms with Crippen molar-refractivity contribution in [3.8, 4) is 0 Å². The van der Waals surface area contributed by atoms with Crippen LogP contribution in [0, 0.1) is 0 Å². The summed E-state index contributed by atoms with van der Waals surface area (Å²) in [4.78, 5) is 0. The number of nitrogens with one attached hydrogen (secondary N) is 3. The molecule has 5 heteroatoms. The first-order valence-electron chi connectivity index (χ1n) is 5.43. The average Bonchev–Trinajstić information content (AvgIpc) is 2.16. The van der Waals surface area contributed by atoms with E-state index in [1.807, 2.05) is 7.05 Å². The van der Waals surface area contributed by atoms with Gasteiger partial charge in [0.25, 0.3) is 0 Å². The number of thiol groups is 1. The molecule has 0 amide bonds. The largest absolute Gasteiger partial charge is 0.317 e. The molecule has 0 heterocycles. The zero-order chi connectivity index (χ0) is 11.9. The fraction of sp³-hybridized carbons (Fsp3) is 1.00. The molecule has 92 valence electrons. The Hall–Kier alpha value is 0.190. The topological polar surface area (TPSA) is 62.1 Å². The molecule has 0 rings (SSSR count).